The van der Waals surface area contributed by atoms with E-state index in [1.807, 2.05) is 24.3 Å². The van der Waals surface area contributed by atoms with Gasteiger partial charge in [-0.25, -0.2) is 4.39 Å². The molecule has 0 fully saturated rings. The third-order valence-electron chi connectivity index (χ3n) is 5.37. The average Bonchev–Trinajstić information content (AvgIpc) is 3.14. The predicted molar refractivity (Wildman–Crippen MR) is 111 cm³/mol. The Kier molecular flexibility index (Phi) is 5.56. The molecule has 3 aromatic rings. The van der Waals surface area contributed by atoms with E-state index >= 15 is 0 Å². The van der Waals surface area contributed by atoms with Crippen molar-refractivity contribution in [1.82, 2.24) is 9.72 Å². The van der Waals surface area contributed by atoms with Crippen LogP contribution >= 0.6 is 0 Å². The zero-order chi connectivity index (χ0) is 20.2. The molecule has 0 radical (unpaired) electrons. The second-order valence-electron chi connectivity index (χ2n) is 7.35. The SMILES string of the molecule is O=C(NCCC1=CCCCC1)C(=O)c1c(-c2ccc(F)cc2)cc2ccccn12. The number of allylic oxidation sites excluding steroid dienone is 1. The Morgan fingerprint density at radius 1 is 1.07 bits per heavy atom. The van der Waals surface area contributed by atoms with Gasteiger partial charge in [-0.2, -0.15) is 0 Å². The van der Waals surface area contributed by atoms with E-state index in [1.165, 1.54) is 30.5 Å². The second kappa shape index (κ2) is 8.43. The lowest BCUT2D eigenvalue weighted by Gasteiger charge is -2.13. The molecule has 2 aromatic heterocycles. The summed E-state index contributed by atoms with van der Waals surface area (Å²) in [6, 6.07) is 13.3. The van der Waals surface area contributed by atoms with Crippen LogP contribution in [0.5, 0.6) is 0 Å². The molecule has 0 atom stereocenters. The number of rotatable bonds is 6. The lowest BCUT2D eigenvalue weighted by Crippen LogP contribution is -2.33. The number of fused-ring (bicyclic) bond motifs is 1. The van der Waals surface area contributed by atoms with E-state index < -0.39 is 11.7 Å². The molecule has 2 heterocycles. The van der Waals surface area contributed by atoms with Gasteiger partial charge in [-0.1, -0.05) is 29.8 Å². The summed E-state index contributed by atoms with van der Waals surface area (Å²) in [5, 5.41) is 2.77. The Morgan fingerprint density at radius 3 is 2.66 bits per heavy atom. The Labute approximate surface area is 169 Å². The van der Waals surface area contributed by atoms with Gasteiger partial charge in [0.2, 0.25) is 0 Å². The third-order valence-corrected chi connectivity index (χ3v) is 5.37. The number of nitrogens with one attached hydrogen (secondary N) is 1. The summed E-state index contributed by atoms with van der Waals surface area (Å²) in [7, 11) is 0. The Bertz CT molecular complexity index is 1080. The van der Waals surface area contributed by atoms with Crippen LogP contribution in [0.2, 0.25) is 0 Å². The number of amides is 1. The summed E-state index contributed by atoms with van der Waals surface area (Å²) in [6.45, 7) is 0.450. The lowest BCUT2D eigenvalue weighted by atomic mass is 9.97. The molecule has 0 saturated heterocycles. The van der Waals surface area contributed by atoms with Crippen molar-refractivity contribution in [2.45, 2.75) is 32.1 Å². The van der Waals surface area contributed by atoms with E-state index in [-0.39, 0.29) is 5.82 Å². The van der Waals surface area contributed by atoms with Crippen molar-refractivity contribution in [3.63, 3.8) is 0 Å². The van der Waals surface area contributed by atoms with Crippen LogP contribution in [0, 0.1) is 5.82 Å². The van der Waals surface area contributed by atoms with Crippen LogP contribution in [0.4, 0.5) is 4.39 Å². The van der Waals surface area contributed by atoms with Crippen LogP contribution < -0.4 is 5.32 Å². The molecule has 1 N–H and O–H groups in total. The highest BCUT2D eigenvalue weighted by atomic mass is 19.1. The van der Waals surface area contributed by atoms with Gasteiger partial charge in [0.05, 0.1) is 0 Å². The van der Waals surface area contributed by atoms with Gasteiger partial charge in [0.15, 0.2) is 0 Å². The highest BCUT2D eigenvalue weighted by Crippen LogP contribution is 2.28. The van der Waals surface area contributed by atoms with Crippen LogP contribution in [0.15, 0.2) is 66.4 Å². The van der Waals surface area contributed by atoms with E-state index in [0.717, 1.165) is 24.8 Å². The first-order valence-electron chi connectivity index (χ1n) is 10.00. The number of hydrogen-bond donors (Lipinski definition) is 1. The zero-order valence-electron chi connectivity index (χ0n) is 16.2. The summed E-state index contributed by atoms with van der Waals surface area (Å²) in [6.07, 6.45) is 9.36. The Balaban J connectivity index is 1.59. The van der Waals surface area contributed by atoms with Crippen LogP contribution in [0.3, 0.4) is 0 Å². The number of Topliss-reactive ketones (excluding diaryl/α,β-unsaturated/α-hetero) is 1. The molecular weight excluding hydrogens is 367 g/mol. The topological polar surface area (TPSA) is 50.6 Å². The number of pyridine rings is 1. The molecule has 1 aliphatic rings. The first kappa shape index (κ1) is 19.1. The van der Waals surface area contributed by atoms with Crippen LogP contribution in [0.1, 0.15) is 42.6 Å². The quantitative estimate of drug-likeness (QED) is 0.368. The maximum atomic E-state index is 13.3. The number of aromatic nitrogens is 1. The Morgan fingerprint density at radius 2 is 1.90 bits per heavy atom. The minimum Gasteiger partial charge on any atom is -0.349 e. The molecular formula is C24H23FN2O2. The van der Waals surface area contributed by atoms with Crippen molar-refractivity contribution in [2.24, 2.45) is 0 Å². The average molecular weight is 390 g/mol. The zero-order valence-corrected chi connectivity index (χ0v) is 16.2. The predicted octanol–water partition coefficient (Wildman–Crippen LogP) is 4.93. The maximum absolute atomic E-state index is 13.3. The van der Waals surface area contributed by atoms with Gasteiger partial charge in [0.25, 0.3) is 11.7 Å². The van der Waals surface area contributed by atoms with Gasteiger partial charge >= 0.3 is 0 Å². The summed E-state index contributed by atoms with van der Waals surface area (Å²) in [5.41, 5.74) is 3.76. The molecule has 0 spiro atoms. The first-order chi connectivity index (χ1) is 14.1. The number of carbonyl (C=O) groups excluding carboxylic acids is 2. The molecule has 0 unspecified atom stereocenters. The van der Waals surface area contributed by atoms with Gasteiger partial charge in [0, 0.05) is 23.8 Å². The van der Waals surface area contributed by atoms with Crippen molar-refractivity contribution in [1.29, 1.82) is 0 Å². The van der Waals surface area contributed by atoms with E-state index in [4.69, 9.17) is 0 Å². The molecule has 0 saturated carbocycles. The minimum absolute atomic E-state index is 0.293. The van der Waals surface area contributed by atoms with E-state index in [0.29, 0.717) is 23.4 Å². The number of carbonyl (C=O) groups is 2. The fourth-order valence-electron chi connectivity index (χ4n) is 3.86. The van der Waals surface area contributed by atoms with Gasteiger partial charge in [-0.05, 0) is 68.0 Å². The van der Waals surface area contributed by atoms with Crippen LogP contribution in [-0.4, -0.2) is 22.6 Å². The molecule has 5 heteroatoms. The molecule has 0 aliphatic heterocycles. The van der Waals surface area contributed by atoms with Crippen LogP contribution in [0.25, 0.3) is 16.6 Å². The summed E-state index contributed by atoms with van der Waals surface area (Å²) < 4.78 is 15.1. The van der Waals surface area contributed by atoms with Gasteiger partial charge in [-0.3, -0.25) is 9.59 Å². The highest BCUT2D eigenvalue weighted by molar-refractivity contribution is 6.43. The fraction of sp³-hybridized carbons (Fsp3) is 0.250. The standard InChI is InChI=1S/C24H23FN2O2/c25-19-11-9-18(10-12-19)21-16-20-8-4-5-15-27(20)22(21)23(28)24(29)26-14-13-17-6-2-1-3-7-17/h4-6,8-12,15-16H,1-3,7,13-14H2,(H,26,29). The highest BCUT2D eigenvalue weighted by Gasteiger charge is 2.24. The van der Waals surface area contributed by atoms with Crippen molar-refractivity contribution in [2.75, 3.05) is 6.54 Å². The number of ketones is 1. The van der Waals surface area contributed by atoms with Gasteiger partial charge in [-0.15, -0.1) is 0 Å². The molecule has 4 rings (SSSR count). The van der Waals surface area contributed by atoms with E-state index in [9.17, 15) is 14.0 Å². The largest absolute Gasteiger partial charge is 0.349 e. The van der Waals surface area contributed by atoms with Crippen molar-refractivity contribution in [3.05, 3.63) is 77.9 Å². The van der Waals surface area contributed by atoms with Crippen LogP contribution in [-0.2, 0) is 4.79 Å². The van der Waals surface area contributed by atoms with E-state index in [2.05, 4.69) is 11.4 Å². The second-order valence-corrected chi connectivity index (χ2v) is 7.35. The van der Waals surface area contributed by atoms with Crippen molar-refractivity contribution < 1.29 is 14.0 Å². The van der Waals surface area contributed by atoms with Crippen molar-refractivity contribution in [3.8, 4) is 11.1 Å². The maximum Gasteiger partial charge on any atom is 0.294 e. The molecule has 1 aliphatic carbocycles. The van der Waals surface area contributed by atoms with Crippen molar-refractivity contribution >= 4 is 17.2 Å². The monoisotopic (exact) mass is 390 g/mol. The smallest absolute Gasteiger partial charge is 0.294 e. The summed E-state index contributed by atoms with van der Waals surface area (Å²) >= 11 is 0. The molecule has 29 heavy (non-hydrogen) atoms. The number of halogens is 1. The Hall–Kier alpha value is -3.21. The normalized spacial score (nSPS) is 13.9. The van der Waals surface area contributed by atoms with E-state index in [1.54, 1.807) is 22.7 Å². The lowest BCUT2D eigenvalue weighted by molar-refractivity contribution is -0.117. The molecule has 1 aromatic carbocycles. The number of benzene rings is 1. The molecule has 0 bridgehead atoms. The number of hydrogen-bond acceptors (Lipinski definition) is 2. The summed E-state index contributed by atoms with van der Waals surface area (Å²) in [4.78, 5) is 25.7. The molecule has 148 valence electrons. The third kappa shape index (κ3) is 4.14. The minimum atomic E-state index is -0.617. The molecule has 1 amide bonds. The van der Waals surface area contributed by atoms with Gasteiger partial charge < -0.3 is 9.72 Å². The van der Waals surface area contributed by atoms with Gasteiger partial charge in [0.1, 0.15) is 11.5 Å². The summed E-state index contributed by atoms with van der Waals surface area (Å²) in [5.74, 6) is -1.55. The number of nitrogens with zero attached hydrogens (tertiary/aromatic N) is 1. The molecule has 4 nitrogen and oxygen atoms in total. The fourth-order valence-corrected chi connectivity index (χ4v) is 3.86. The first-order valence-corrected chi connectivity index (χ1v) is 10.00.